The molecule has 202 valence electrons. The second-order valence-corrected chi connectivity index (χ2v) is 10.8. The number of esters is 1. The van der Waals surface area contributed by atoms with E-state index in [0.717, 1.165) is 22.3 Å². The van der Waals surface area contributed by atoms with E-state index in [9.17, 15) is 14.7 Å². The largest absolute Gasteiger partial charge is 0.493 e. The highest BCUT2D eigenvalue weighted by Gasteiger charge is 2.33. The molecule has 3 aromatic rings. The molecule has 0 radical (unpaired) electrons. The molecule has 1 amide bonds. The zero-order valence-corrected chi connectivity index (χ0v) is 22.4. The Morgan fingerprint density at radius 1 is 0.974 bits per heavy atom. The number of piperidine rings is 1. The van der Waals surface area contributed by atoms with Crippen LogP contribution in [0, 0.1) is 5.41 Å². The Morgan fingerprint density at radius 3 is 2.42 bits per heavy atom. The van der Waals surface area contributed by atoms with Crippen LogP contribution in [-0.2, 0) is 20.9 Å². The number of ether oxygens (including phenoxy) is 3. The molecule has 2 unspecified atom stereocenters. The summed E-state index contributed by atoms with van der Waals surface area (Å²) in [6.45, 7) is 7.49. The van der Waals surface area contributed by atoms with Crippen LogP contribution < -0.4 is 4.74 Å². The van der Waals surface area contributed by atoms with Crippen molar-refractivity contribution >= 4 is 22.8 Å². The standard InChI is InChI=1S/C31H37NO6/c1-31(2,3)29(33)37-18-6-17-36-26-13-11-24(12-14-26)27-15-16-32(30(34)35)20-28(27)38-21-22-9-10-23-7-4-5-8-25(23)19-22/h4-5,7-14,19,27-28H,6,15-18,20-21H2,1-3H3,(H,34,35). The van der Waals surface area contributed by atoms with Crippen LogP contribution in [0.15, 0.2) is 66.7 Å². The molecule has 0 saturated carbocycles. The van der Waals surface area contributed by atoms with Crippen LogP contribution in [-0.4, -0.2) is 54.5 Å². The molecule has 4 rings (SSSR count). The molecule has 1 N–H and O–H groups in total. The van der Waals surface area contributed by atoms with Gasteiger partial charge in [-0.05, 0) is 67.3 Å². The summed E-state index contributed by atoms with van der Waals surface area (Å²) in [5.41, 5.74) is 1.66. The minimum atomic E-state index is -0.917. The summed E-state index contributed by atoms with van der Waals surface area (Å²) < 4.78 is 17.5. The van der Waals surface area contributed by atoms with Crippen LogP contribution in [0.5, 0.6) is 5.75 Å². The van der Waals surface area contributed by atoms with Crippen molar-refractivity contribution < 1.29 is 28.9 Å². The minimum absolute atomic E-state index is 0.0805. The van der Waals surface area contributed by atoms with Crippen LogP contribution in [0.4, 0.5) is 4.79 Å². The number of amides is 1. The Morgan fingerprint density at radius 2 is 1.71 bits per heavy atom. The zero-order valence-electron chi connectivity index (χ0n) is 22.4. The van der Waals surface area contributed by atoms with E-state index >= 15 is 0 Å². The van der Waals surface area contributed by atoms with E-state index in [4.69, 9.17) is 14.2 Å². The summed E-state index contributed by atoms with van der Waals surface area (Å²) >= 11 is 0. The first-order valence-electron chi connectivity index (χ1n) is 13.2. The second kappa shape index (κ2) is 12.3. The third kappa shape index (κ3) is 7.25. The Kier molecular flexibility index (Phi) is 8.89. The number of hydrogen-bond acceptors (Lipinski definition) is 5. The molecule has 1 saturated heterocycles. The average molecular weight is 520 g/mol. The van der Waals surface area contributed by atoms with Crippen molar-refractivity contribution in [3.63, 3.8) is 0 Å². The number of rotatable bonds is 9. The Balaban J connectivity index is 1.34. The summed E-state index contributed by atoms with van der Waals surface area (Å²) in [5, 5.41) is 11.9. The summed E-state index contributed by atoms with van der Waals surface area (Å²) in [4.78, 5) is 24.9. The summed E-state index contributed by atoms with van der Waals surface area (Å²) in [6, 6.07) is 22.4. The molecule has 7 heteroatoms. The van der Waals surface area contributed by atoms with Crippen molar-refractivity contribution in [1.29, 1.82) is 0 Å². The van der Waals surface area contributed by atoms with E-state index in [1.54, 1.807) is 0 Å². The molecular weight excluding hydrogens is 482 g/mol. The van der Waals surface area contributed by atoms with Gasteiger partial charge in [0.05, 0.1) is 37.9 Å². The lowest BCUT2D eigenvalue weighted by Gasteiger charge is -2.37. The van der Waals surface area contributed by atoms with Gasteiger partial charge in [0, 0.05) is 18.9 Å². The molecule has 38 heavy (non-hydrogen) atoms. The summed E-state index contributed by atoms with van der Waals surface area (Å²) in [5.74, 6) is 0.609. The fraction of sp³-hybridized carbons (Fsp3) is 0.419. The molecule has 0 bridgehead atoms. The highest BCUT2D eigenvalue weighted by Crippen LogP contribution is 2.32. The average Bonchev–Trinajstić information content (AvgIpc) is 2.91. The molecule has 1 fully saturated rings. The van der Waals surface area contributed by atoms with Gasteiger partial charge < -0.3 is 24.2 Å². The summed E-state index contributed by atoms with van der Waals surface area (Å²) in [7, 11) is 0. The van der Waals surface area contributed by atoms with E-state index in [0.29, 0.717) is 45.8 Å². The highest BCUT2D eigenvalue weighted by atomic mass is 16.5. The monoisotopic (exact) mass is 519 g/mol. The normalized spacial score (nSPS) is 17.8. The maximum Gasteiger partial charge on any atom is 0.407 e. The van der Waals surface area contributed by atoms with Gasteiger partial charge in [0.15, 0.2) is 0 Å². The quantitative estimate of drug-likeness (QED) is 0.266. The molecule has 1 aliphatic rings. The predicted octanol–water partition coefficient (Wildman–Crippen LogP) is 6.25. The highest BCUT2D eigenvalue weighted by molar-refractivity contribution is 5.83. The zero-order chi connectivity index (χ0) is 27.1. The number of fused-ring (bicyclic) bond motifs is 1. The molecule has 2 atom stereocenters. The molecule has 0 spiro atoms. The SMILES string of the molecule is CC(C)(C)C(=O)OCCCOc1ccc(C2CCN(C(=O)O)CC2OCc2ccc3ccccc3c2)cc1. The Bertz CT molecular complexity index is 1230. The number of carbonyl (C=O) groups excluding carboxylic acids is 1. The van der Waals surface area contributed by atoms with E-state index in [-0.39, 0.29) is 18.0 Å². The number of likely N-dealkylation sites (tertiary alicyclic amines) is 1. The van der Waals surface area contributed by atoms with Crippen molar-refractivity contribution in [3.05, 3.63) is 77.9 Å². The first-order valence-corrected chi connectivity index (χ1v) is 13.2. The minimum Gasteiger partial charge on any atom is -0.493 e. The smallest absolute Gasteiger partial charge is 0.407 e. The van der Waals surface area contributed by atoms with Crippen molar-refractivity contribution in [1.82, 2.24) is 4.90 Å². The Hall–Kier alpha value is -3.58. The Labute approximate surface area is 224 Å². The first kappa shape index (κ1) is 27.5. The van der Waals surface area contributed by atoms with Gasteiger partial charge in [0.25, 0.3) is 0 Å². The molecule has 1 aliphatic heterocycles. The number of benzene rings is 3. The lowest BCUT2D eigenvalue weighted by Crippen LogP contribution is -2.46. The topological polar surface area (TPSA) is 85.3 Å². The number of carbonyl (C=O) groups is 2. The van der Waals surface area contributed by atoms with Crippen LogP contribution >= 0.6 is 0 Å². The predicted molar refractivity (Wildman–Crippen MR) is 146 cm³/mol. The molecule has 1 heterocycles. The lowest BCUT2D eigenvalue weighted by atomic mass is 9.87. The van der Waals surface area contributed by atoms with Crippen LogP contribution in [0.2, 0.25) is 0 Å². The van der Waals surface area contributed by atoms with Gasteiger partial charge in [-0.25, -0.2) is 4.79 Å². The maximum atomic E-state index is 11.8. The molecule has 0 aromatic heterocycles. The first-order chi connectivity index (χ1) is 18.2. The summed E-state index contributed by atoms with van der Waals surface area (Å²) in [6.07, 6.45) is 0.130. The fourth-order valence-corrected chi connectivity index (χ4v) is 4.61. The lowest BCUT2D eigenvalue weighted by molar-refractivity contribution is -0.153. The molecule has 7 nitrogen and oxygen atoms in total. The third-order valence-corrected chi connectivity index (χ3v) is 6.82. The maximum absolute atomic E-state index is 11.8. The second-order valence-electron chi connectivity index (χ2n) is 10.8. The third-order valence-electron chi connectivity index (χ3n) is 6.82. The molecule has 0 aliphatic carbocycles. The number of carboxylic acid groups (broad SMARTS) is 1. The fourth-order valence-electron chi connectivity index (χ4n) is 4.61. The van der Waals surface area contributed by atoms with Gasteiger partial charge in [-0.15, -0.1) is 0 Å². The number of nitrogens with zero attached hydrogens (tertiary/aromatic N) is 1. The van der Waals surface area contributed by atoms with E-state index in [1.807, 2.05) is 57.2 Å². The van der Waals surface area contributed by atoms with Gasteiger partial charge in [-0.1, -0.05) is 48.5 Å². The molecule has 3 aromatic carbocycles. The molecular formula is C31H37NO6. The number of hydrogen-bond donors (Lipinski definition) is 1. The van der Waals surface area contributed by atoms with Crippen molar-refractivity contribution in [2.75, 3.05) is 26.3 Å². The van der Waals surface area contributed by atoms with Gasteiger partial charge in [-0.3, -0.25) is 4.79 Å². The van der Waals surface area contributed by atoms with Crippen LogP contribution in [0.3, 0.4) is 0 Å². The van der Waals surface area contributed by atoms with Gasteiger partial charge >= 0.3 is 12.1 Å². The van der Waals surface area contributed by atoms with Gasteiger partial charge in [0.2, 0.25) is 0 Å². The van der Waals surface area contributed by atoms with Crippen LogP contribution in [0.25, 0.3) is 10.8 Å². The van der Waals surface area contributed by atoms with E-state index in [1.165, 1.54) is 10.3 Å². The van der Waals surface area contributed by atoms with Gasteiger partial charge in [0.1, 0.15) is 5.75 Å². The van der Waals surface area contributed by atoms with Crippen molar-refractivity contribution in [2.45, 2.75) is 52.2 Å². The van der Waals surface area contributed by atoms with Crippen LogP contribution in [0.1, 0.15) is 50.7 Å². The van der Waals surface area contributed by atoms with Gasteiger partial charge in [-0.2, -0.15) is 0 Å². The van der Waals surface area contributed by atoms with Crippen molar-refractivity contribution in [2.24, 2.45) is 5.41 Å². The van der Waals surface area contributed by atoms with E-state index in [2.05, 4.69) is 30.3 Å². The van der Waals surface area contributed by atoms with Crippen molar-refractivity contribution in [3.8, 4) is 5.75 Å². The van der Waals surface area contributed by atoms with E-state index < -0.39 is 11.5 Å².